The number of fused-ring (bicyclic) bond motifs is 1. The number of carbonyl (C=O) groups excluding carboxylic acids is 5. The van der Waals surface area contributed by atoms with Crippen LogP contribution in [0, 0.1) is 0 Å². The number of benzene rings is 3. The molecule has 4 amide bonds. The Bertz CT molecular complexity index is 1400. The number of esters is 1. The third kappa shape index (κ3) is 5.49. The summed E-state index contributed by atoms with van der Waals surface area (Å²) in [6.07, 6.45) is 0. The molecule has 1 aliphatic heterocycles. The topological polar surface area (TPSA) is 122 Å². The summed E-state index contributed by atoms with van der Waals surface area (Å²) in [4.78, 5) is 62.5. The van der Waals surface area contributed by atoms with Crippen LogP contribution >= 0.6 is 15.9 Å². The molecule has 1 aliphatic rings. The fourth-order valence-corrected chi connectivity index (χ4v) is 4.02. The number of para-hydroxylation sites is 1. The van der Waals surface area contributed by atoms with Gasteiger partial charge in [-0.05, 0) is 48.0 Å². The van der Waals surface area contributed by atoms with Crippen LogP contribution in [0.3, 0.4) is 0 Å². The van der Waals surface area contributed by atoms with Crippen molar-refractivity contribution in [1.82, 2.24) is 10.2 Å². The molecule has 3 aromatic carbocycles. The first-order chi connectivity index (χ1) is 17.2. The van der Waals surface area contributed by atoms with Gasteiger partial charge in [-0.15, -0.1) is 0 Å². The lowest BCUT2D eigenvalue weighted by molar-refractivity contribution is -0.131. The minimum atomic E-state index is -0.532. The lowest BCUT2D eigenvalue weighted by Crippen LogP contribution is -2.40. The number of amides is 4. The zero-order valence-electron chi connectivity index (χ0n) is 19.0. The summed E-state index contributed by atoms with van der Waals surface area (Å²) < 4.78 is 5.68. The van der Waals surface area contributed by atoms with E-state index < -0.39 is 36.1 Å². The van der Waals surface area contributed by atoms with Gasteiger partial charge in [0.05, 0.1) is 11.1 Å². The molecule has 0 unspecified atom stereocenters. The Balaban J connectivity index is 1.39. The number of carbonyl (C=O) groups is 5. The molecule has 0 radical (unpaired) electrons. The predicted molar refractivity (Wildman–Crippen MR) is 134 cm³/mol. The van der Waals surface area contributed by atoms with E-state index in [1.165, 1.54) is 13.0 Å². The molecule has 0 saturated carbocycles. The van der Waals surface area contributed by atoms with Crippen molar-refractivity contribution in [3.05, 3.63) is 93.5 Å². The number of hydrogen-bond acceptors (Lipinski definition) is 6. The third-order valence-electron chi connectivity index (χ3n) is 5.33. The van der Waals surface area contributed by atoms with Crippen LogP contribution in [0.25, 0.3) is 0 Å². The van der Waals surface area contributed by atoms with Crippen molar-refractivity contribution in [3.63, 3.8) is 0 Å². The number of ether oxygens (including phenoxy) is 1. The number of rotatable bonds is 7. The molecule has 1 heterocycles. The number of nitrogens with one attached hydrogen (secondary N) is 2. The van der Waals surface area contributed by atoms with E-state index in [1.807, 2.05) is 0 Å². The van der Waals surface area contributed by atoms with Gasteiger partial charge in [-0.1, -0.05) is 40.2 Å². The Morgan fingerprint density at radius 3 is 2.44 bits per heavy atom. The van der Waals surface area contributed by atoms with Crippen LogP contribution in [0.2, 0.25) is 0 Å². The maximum absolute atomic E-state index is 12.8. The molecule has 182 valence electrons. The largest absolute Gasteiger partial charge is 0.427 e. The Kier molecular flexibility index (Phi) is 7.25. The molecule has 4 rings (SSSR count). The molecule has 0 spiro atoms. The van der Waals surface area contributed by atoms with Gasteiger partial charge in [0.2, 0.25) is 5.91 Å². The number of halogens is 1. The molecule has 0 atom stereocenters. The van der Waals surface area contributed by atoms with Crippen LogP contribution in [-0.2, 0) is 16.1 Å². The first-order valence-electron chi connectivity index (χ1n) is 10.8. The smallest absolute Gasteiger partial charge is 0.308 e. The minimum Gasteiger partial charge on any atom is -0.427 e. The maximum atomic E-state index is 12.8. The first kappa shape index (κ1) is 24.8. The highest BCUT2D eigenvalue weighted by molar-refractivity contribution is 9.10. The predicted octanol–water partition coefficient (Wildman–Crippen LogP) is 3.54. The number of imide groups is 1. The second-order valence-electron chi connectivity index (χ2n) is 7.90. The highest BCUT2D eigenvalue weighted by atomic mass is 79.9. The summed E-state index contributed by atoms with van der Waals surface area (Å²) in [5.74, 6) is -2.27. The average Bonchev–Trinajstić information content (AvgIpc) is 3.07. The summed E-state index contributed by atoms with van der Waals surface area (Å²) in [5, 5.41) is 5.47. The SMILES string of the molecule is CC(=O)Oc1cccc(C(=O)Nc2ccccc2CNC(=O)CN2C(=O)c3ccc(Br)cc3C2=O)c1. The average molecular weight is 550 g/mol. The molecule has 3 aromatic rings. The molecule has 0 aliphatic carbocycles. The van der Waals surface area contributed by atoms with Crippen molar-refractivity contribution in [1.29, 1.82) is 0 Å². The van der Waals surface area contributed by atoms with Crippen LogP contribution in [0.1, 0.15) is 43.6 Å². The van der Waals surface area contributed by atoms with Crippen molar-refractivity contribution in [2.24, 2.45) is 0 Å². The summed E-state index contributed by atoms with van der Waals surface area (Å²) >= 11 is 3.27. The Hall–Kier alpha value is -4.31. The van der Waals surface area contributed by atoms with Gasteiger partial charge in [0.25, 0.3) is 17.7 Å². The number of hydrogen-bond donors (Lipinski definition) is 2. The lowest BCUT2D eigenvalue weighted by atomic mass is 10.1. The van der Waals surface area contributed by atoms with Gasteiger partial charge in [-0.2, -0.15) is 0 Å². The second kappa shape index (κ2) is 10.5. The minimum absolute atomic E-state index is 0.0531. The standard InChI is InChI=1S/C26H20BrN3O6/c1-15(31)36-19-7-4-6-16(11-19)24(33)29-22-8-3-2-5-17(22)13-28-23(32)14-30-25(34)20-10-9-18(27)12-21(20)26(30)35/h2-12H,13-14H2,1H3,(H,28,32)(H,29,33). The van der Waals surface area contributed by atoms with Crippen LogP contribution in [0.4, 0.5) is 5.69 Å². The molecule has 36 heavy (non-hydrogen) atoms. The third-order valence-corrected chi connectivity index (χ3v) is 5.83. The van der Waals surface area contributed by atoms with Crippen molar-refractivity contribution < 1.29 is 28.7 Å². The first-order valence-corrected chi connectivity index (χ1v) is 11.6. The van der Waals surface area contributed by atoms with Crippen LogP contribution < -0.4 is 15.4 Å². The second-order valence-corrected chi connectivity index (χ2v) is 8.81. The Labute approximate surface area is 214 Å². The highest BCUT2D eigenvalue weighted by Crippen LogP contribution is 2.26. The van der Waals surface area contributed by atoms with Crippen molar-refractivity contribution >= 4 is 51.2 Å². The normalized spacial score (nSPS) is 12.2. The van der Waals surface area contributed by atoms with Gasteiger partial charge >= 0.3 is 5.97 Å². The van der Waals surface area contributed by atoms with Crippen LogP contribution in [0.15, 0.2) is 71.2 Å². The molecule has 9 nitrogen and oxygen atoms in total. The fraction of sp³-hybridized carbons (Fsp3) is 0.115. The molecular formula is C26H20BrN3O6. The monoisotopic (exact) mass is 549 g/mol. The summed E-state index contributed by atoms with van der Waals surface area (Å²) in [7, 11) is 0. The number of anilines is 1. The van der Waals surface area contributed by atoms with Crippen molar-refractivity contribution in [3.8, 4) is 5.75 Å². The van der Waals surface area contributed by atoms with E-state index in [1.54, 1.807) is 60.7 Å². The van der Waals surface area contributed by atoms with E-state index in [0.717, 1.165) is 4.90 Å². The van der Waals surface area contributed by atoms with E-state index in [-0.39, 0.29) is 29.0 Å². The molecule has 2 N–H and O–H groups in total. The van der Waals surface area contributed by atoms with E-state index in [9.17, 15) is 24.0 Å². The Morgan fingerprint density at radius 1 is 0.917 bits per heavy atom. The van der Waals surface area contributed by atoms with Gasteiger partial charge in [-0.25, -0.2) is 0 Å². The maximum Gasteiger partial charge on any atom is 0.308 e. The van der Waals surface area contributed by atoms with Gasteiger partial charge in [0.1, 0.15) is 12.3 Å². The summed E-state index contributed by atoms with van der Waals surface area (Å²) in [6, 6.07) is 17.8. The molecular weight excluding hydrogens is 530 g/mol. The zero-order chi connectivity index (χ0) is 25.8. The zero-order valence-corrected chi connectivity index (χ0v) is 20.6. The van der Waals surface area contributed by atoms with Gasteiger partial charge in [0, 0.05) is 29.2 Å². The van der Waals surface area contributed by atoms with Crippen LogP contribution in [0.5, 0.6) is 5.75 Å². The van der Waals surface area contributed by atoms with Crippen molar-refractivity contribution in [2.45, 2.75) is 13.5 Å². The Morgan fingerprint density at radius 2 is 1.67 bits per heavy atom. The van der Waals surface area contributed by atoms with Gasteiger partial charge in [0.15, 0.2) is 0 Å². The van der Waals surface area contributed by atoms with Gasteiger partial charge < -0.3 is 15.4 Å². The molecule has 0 bridgehead atoms. The highest BCUT2D eigenvalue weighted by Gasteiger charge is 2.36. The molecule has 10 heteroatoms. The van der Waals surface area contributed by atoms with E-state index in [0.29, 0.717) is 15.7 Å². The van der Waals surface area contributed by atoms with Gasteiger partial charge in [-0.3, -0.25) is 28.9 Å². The molecule has 0 fully saturated rings. The molecule has 0 aromatic heterocycles. The van der Waals surface area contributed by atoms with E-state index in [4.69, 9.17) is 4.74 Å². The van der Waals surface area contributed by atoms with E-state index in [2.05, 4.69) is 26.6 Å². The van der Waals surface area contributed by atoms with E-state index >= 15 is 0 Å². The van der Waals surface area contributed by atoms with Crippen molar-refractivity contribution in [2.75, 3.05) is 11.9 Å². The summed E-state index contributed by atoms with van der Waals surface area (Å²) in [5.41, 5.74) is 1.85. The number of nitrogens with zero attached hydrogens (tertiary/aromatic N) is 1. The van der Waals surface area contributed by atoms with Crippen LogP contribution in [-0.4, -0.2) is 41.0 Å². The quantitative estimate of drug-likeness (QED) is 0.264. The summed E-state index contributed by atoms with van der Waals surface area (Å²) in [6.45, 7) is 0.892. The molecule has 0 saturated heterocycles. The lowest BCUT2D eigenvalue weighted by Gasteiger charge is -2.15. The fourth-order valence-electron chi connectivity index (χ4n) is 3.66.